The quantitative estimate of drug-likeness (QED) is 0.0512. The number of carbonyl (C=O) groups is 2. The molecule has 18 heteroatoms. The van der Waals surface area contributed by atoms with Gasteiger partial charge < -0.3 is 51.2 Å². The molecule has 0 bridgehead atoms. The van der Waals surface area contributed by atoms with Crippen LogP contribution in [-0.2, 0) is 9.47 Å². The number of hydrogen-bond donors (Lipinski definition) is 7. The van der Waals surface area contributed by atoms with Gasteiger partial charge in [-0.3, -0.25) is 9.59 Å². The number of nitrogens with one attached hydrogen (secondary N) is 5. The minimum atomic E-state index is -0.758. The van der Waals surface area contributed by atoms with Crippen molar-refractivity contribution in [2.75, 3.05) is 47.3 Å². The predicted molar refractivity (Wildman–Crippen MR) is 286 cm³/mol. The zero-order valence-corrected chi connectivity index (χ0v) is 43.3. The highest BCUT2D eigenvalue weighted by Gasteiger charge is 2.36. The number of anilines is 6. The van der Waals surface area contributed by atoms with Crippen LogP contribution in [0.2, 0.25) is 0 Å². The monoisotopic (exact) mass is 1020 g/mol. The fraction of sp³-hybridized carbons (Fsp3) is 0.519. The summed E-state index contributed by atoms with van der Waals surface area (Å²) in [6.45, 7) is 9.52. The van der Waals surface area contributed by atoms with Crippen LogP contribution in [0.1, 0.15) is 119 Å². The molecule has 16 nitrogen and oxygen atoms in total. The van der Waals surface area contributed by atoms with Crippen molar-refractivity contribution in [3.05, 3.63) is 83.1 Å². The molecular weight excluding hydrogens is 949 g/mol. The molecular formula is C54H68N10O6S2. The lowest BCUT2D eigenvalue weighted by Crippen LogP contribution is -2.46. The van der Waals surface area contributed by atoms with Crippen LogP contribution in [0.4, 0.5) is 34.4 Å². The molecule has 3 unspecified atom stereocenters. The largest absolute Gasteiger partial charge is 0.390 e. The van der Waals surface area contributed by atoms with Crippen LogP contribution in [0.25, 0.3) is 20.4 Å². The van der Waals surface area contributed by atoms with E-state index in [0.717, 1.165) is 96.0 Å². The second-order valence-corrected chi connectivity index (χ2v) is 23.2. The highest BCUT2D eigenvalue weighted by atomic mass is 32.1. The van der Waals surface area contributed by atoms with Gasteiger partial charge >= 0.3 is 0 Å². The molecule has 4 aromatic heterocycles. The standard InChI is InChI=1S/C54H68N10O6S2/c1-53(2,67)32-7-11-34(12-8-32)62-51(65)41-25-55-49(61-36-15-17-43-47(21-36)71-30-57-43)23-45(41)60-38-20-40(29-70-28-38)64(39-16-18-44-48(22-39)72-31-58-44)50-24-46(59-37-6-5-19-69-27-37)42(26-56-50)52(66)63-35-13-9-33(10-14-35)54(3,4)68/h15-18,21-26,30-35,37-38,40,67-68H,5-14,19-20,27-29H2,1-4H3,(H,56,59)(H,62,65)(H,63,66)(H2,55,60,61). The van der Waals surface area contributed by atoms with E-state index >= 15 is 0 Å². The minimum absolute atomic E-state index is 0.000337. The lowest BCUT2D eigenvalue weighted by molar-refractivity contribution is -0.00313. The summed E-state index contributed by atoms with van der Waals surface area (Å²) in [5, 5.41) is 38.9. The van der Waals surface area contributed by atoms with Crippen LogP contribution in [0.3, 0.4) is 0 Å². The summed E-state index contributed by atoms with van der Waals surface area (Å²) >= 11 is 3.15. The summed E-state index contributed by atoms with van der Waals surface area (Å²) in [5.41, 5.74) is 7.99. The van der Waals surface area contributed by atoms with Crippen LogP contribution in [0.15, 0.2) is 71.9 Å². The van der Waals surface area contributed by atoms with Gasteiger partial charge in [-0.25, -0.2) is 19.9 Å². The normalized spacial score (nSPS) is 24.1. The van der Waals surface area contributed by atoms with Crippen molar-refractivity contribution in [1.29, 1.82) is 0 Å². The van der Waals surface area contributed by atoms with Crippen molar-refractivity contribution in [2.45, 2.75) is 140 Å². The minimum Gasteiger partial charge on any atom is -0.390 e. The zero-order valence-electron chi connectivity index (χ0n) is 41.7. The molecule has 2 aliphatic heterocycles. The van der Waals surface area contributed by atoms with Gasteiger partial charge in [0, 0.05) is 60.6 Å². The van der Waals surface area contributed by atoms with Gasteiger partial charge in [-0.1, -0.05) is 0 Å². The van der Waals surface area contributed by atoms with Crippen LogP contribution >= 0.6 is 22.7 Å². The van der Waals surface area contributed by atoms with Crippen molar-refractivity contribution in [1.82, 2.24) is 30.6 Å². The Morgan fingerprint density at radius 3 is 1.85 bits per heavy atom. The lowest BCUT2D eigenvalue weighted by atomic mass is 9.77. The molecule has 4 aliphatic rings. The average Bonchev–Trinajstić information content (AvgIpc) is 4.04. The molecule has 3 atom stereocenters. The van der Waals surface area contributed by atoms with E-state index in [1.54, 1.807) is 35.1 Å². The Morgan fingerprint density at radius 1 is 0.639 bits per heavy atom. The maximum absolute atomic E-state index is 14.3. The van der Waals surface area contributed by atoms with E-state index in [1.807, 2.05) is 75.1 Å². The first-order chi connectivity index (χ1) is 34.7. The third kappa shape index (κ3) is 11.8. The molecule has 0 radical (unpaired) electrons. The number of pyridine rings is 2. The summed E-state index contributed by atoms with van der Waals surface area (Å²) < 4.78 is 14.5. The molecule has 2 saturated carbocycles. The maximum Gasteiger partial charge on any atom is 0.255 e. The molecule has 10 rings (SSSR count). The third-order valence-electron chi connectivity index (χ3n) is 15.3. The fourth-order valence-electron chi connectivity index (χ4n) is 11.1. The Bertz CT molecular complexity index is 2840. The number of fused-ring (bicyclic) bond motifs is 2. The molecule has 6 heterocycles. The van der Waals surface area contributed by atoms with Crippen molar-refractivity contribution in [2.24, 2.45) is 11.8 Å². The maximum atomic E-state index is 14.3. The van der Waals surface area contributed by atoms with E-state index in [1.165, 1.54) is 0 Å². The molecule has 6 aromatic rings. The molecule has 4 fully saturated rings. The summed E-state index contributed by atoms with van der Waals surface area (Å²) in [4.78, 5) is 49.6. The first kappa shape index (κ1) is 50.1. The summed E-state index contributed by atoms with van der Waals surface area (Å²) in [7, 11) is 0. The fourth-order valence-corrected chi connectivity index (χ4v) is 12.5. The zero-order chi connectivity index (χ0) is 50.0. The van der Waals surface area contributed by atoms with Gasteiger partial charge in [0.1, 0.15) is 11.6 Å². The van der Waals surface area contributed by atoms with Gasteiger partial charge in [0.05, 0.1) is 97.1 Å². The third-order valence-corrected chi connectivity index (χ3v) is 16.9. The van der Waals surface area contributed by atoms with Crippen LogP contribution in [0.5, 0.6) is 0 Å². The van der Waals surface area contributed by atoms with Gasteiger partial charge in [0.2, 0.25) is 0 Å². The smallest absolute Gasteiger partial charge is 0.255 e. The van der Waals surface area contributed by atoms with Crippen LogP contribution in [0, 0.1) is 11.8 Å². The number of aliphatic hydroxyl groups is 2. The van der Waals surface area contributed by atoms with E-state index in [-0.39, 0.29) is 53.9 Å². The van der Waals surface area contributed by atoms with Crippen molar-refractivity contribution in [3.8, 4) is 0 Å². The summed E-state index contributed by atoms with van der Waals surface area (Å²) in [6, 6.07) is 15.7. The van der Waals surface area contributed by atoms with Crippen LogP contribution < -0.4 is 31.5 Å². The van der Waals surface area contributed by atoms with Crippen molar-refractivity contribution in [3.63, 3.8) is 0 Å². The van der Waals surface area contributed by atoms with Crippen molar-refractivity contribution < 1.29 is 29.3 Å². The summed E-state index contributed by atoms with van der Waals surface area (Å²) in [6.07, 6.45) is 12.3. The number of hydrogen-bond acceptors (Lipinski definition) is 16. The topological polar surface area (TPSA) is 208 Å². The molecule has 2 aromatic carbocycles. The Labute approximate surface area is 429 Å². The predicted octanol–water partition coefficient (Wildman–Crippen LogP) is 9.56. The second-order valence-electron chi connectivity index (χ2n) is 21.4. The van der Waals surface area contributed by atoms with E-state index in [4.69, 9.17) is 19.4 Å². The molecule has 7 N–H and O–H groups in total. The summed E-state index contributed by atoms with van der Waals surface area (Å²) in [5.74, 6) is 1.23. The van der Waals surface area contributed by atoms with E-state index in [9.17, 15) is 19.8 Å². The van der Waals surface area contributed by atoms with E-state index < -0.39 is 11.2 Å². The number of rotatable bonds is 15. The Hall–Kier alpha value is -5.50. The Morgan fingerprint density at radius 2 is 1.22 bits per heavy atom. The first-order valence-corrected chi connectivity index (χ1v) is 27.4. The van der Waals surface area contributed by atoms with Gasteiger partial charge in [-0.15, -0.1) is 22.7 Å². The first-order valence-electron chi connectivity index (χ1n) is 25.7. The molecule has 0 spiro atoms. The number of thiazole rings is 2. The van der Waals surface area contributed by atoms with Gasteiger partial charge in [0.15, 0.2) is 0 Å². The number of carbonyl (C=O) groups excluding carboxylic acids is 2. The Kier molecular flexibility index (Phi) is 15.0. The SMILES string of the molecule is CC(C)(O)C1CCC(NC(=O)c2cnc(N(c3ccc4ncsc4c3)C3COCC(Nc4cc(Nc5ccc6ncsc6c5)ncc4C(=O)NC4CCC(C(C)(C)O)CC4)C3)cc2NC2CCCOC2)CC1. The molecule has 2 saturated heterocycles. The van der Waals surface area contributed by atoms with Gasteiger partial charge in [-0.2, -0.15) is 0 Å². The average molecular weight is 1020 g/mol. The van der Waals surface area contributed by atoms with Crippen molar-refractivity contribution >= 4 is 89.3 Å². The Balaban J connectivity index is 0.940. The number of amides is 2. The number of ether oxygens (including phenoxy) is 2. The molecule has 72 heavy (non-hydrogen) atoms. The molecule has 382 valence electrons. The lowest BCUT2D eigenvalue weighted by Gasteiger charge is -2.39. The van der Waals surface area contributed by atoms with Gasteiger partial charge in [0.25, 0.3) is 11.8 Å². The molecule has 2 amide bonds. The molecule has 2 aliphatic carbocycles. The highest BCUT2D eigenvalue weighted by molar-refractivity contribution is 7.17. The van der Waals surface area contributed by atoms with E-state index in [2.05, 4.69) is 53.6 Å². The number of aromatic nitrogens is 4. The van der Waals surface area contributed by atoms with E-state index in [0.29, 0.717) is 67.0 Å². The van der Waals surface area contributed by atoms with Gasteiger partial charge in [-0.05, 0) is 147 Å². The van der Waals surface area contributed by atoms with Crippen LogP contribution in [-0.4, -0.2) is 110 Å². The number of benzene rings is 2. The number of nitrogens with zero attached hydrogens (tertiary/aromatic N) is 5. The second kappa shape index (κ2) is 21.5. The highest BCUT2D eigenvalue weighted by Crippen LogP contribution is 2.38.